The first-order valence-electron chi connectivity index (χ1n) is 6.04. The molecule has 0 N–H and O–H groups in total. The fourth-order valence-corrected chi connectivity index (χ4v) is 1.91. The molecule has 3 atom stereocenters. The zero-order chi connectivity index (χ0) is 22.2. The Morgan fingerprint density at radius 2 is 0.679 bits per heavy atom. The van der Waals surface area contributed by atoms with Crippen LogP contribution in [0.15, 0.2) is 0 Å². The van der Waals surface area contributed by atoms with E-state index in [4.69, 9.17) is 0 Å². The van der Waals surface area contributed by atoms with Gasteiger partial charge >= 0.3 is 41.5 Å². The highest BCUT2D eigenvalue weighted by atomic mass is 28.1. The van der Waals surface area contributed by atoms with Crippen molar-refractivity contribution in [2.75, 3.05) is 0 Å². The summed E-state index contributed by atoms with van der Waals surface area (Å²) in [6, 6.07) is 0. The smallest absolute Gasteiger partial charge is 0.237 e. The molecule has 0 aliphatic heterocycles. The minimum Gasteiger partial charge on any atom is -0.237 e. The highest BCUT2D eigenvalue weighted by molar-refractivity contribution is 5.75. The van der Waals surface area contributed by atoms with E-state index in [-0.39, 0.29) is 11.0 Å². The van der Waals surface area contributed by atoms with Crippen molar-refractivity contribution in [1.82, 2.24) is 0 Å². The monoisotopic (exact) mass is 474 g/mol. The standard InChI is InChI=1S/C10H3F17.Si/c11-1-2(12)5(16,17)7(20,21)9(24,25)10(26,27)8(22,23)6(18,19)3(13)4(1,14)15;/h1-3H;. The van der Waals surface area contributed by atoms with Crippen molar-refractivity contribution >= 4 is 11.0 Å². The van der Waals surface area contributed by atoms with Gasteiger partial charge in [-0.05, 0) is 0 Å². The summed E-state index contributed by atoms with van der Waals surface area (Å²) < 4.78 is 222. The first kappa shape index (κ1) is 27.0. The Hall–Kier alpha value is -0.973. The Kier molecular flexibility index (Phi) is 6.29. The van der Waals surface area contributed by atoms with E-state index < -0.39 is 60.0 Å². The fourth-order valence-electron chi connectivity index (χ4n) is 1.91. The van der Waals surface area contributed by atoms with Crippen LogP contribution in [-0.4, -0.2) is 70.9 Å². The van der Waals surface area contributed by atoms with Gasteiger partial charge in [-0.3, -0.25) is 0 Å². The number of hydrogen-bond donors (Lipinski definition) is 0. The molecule has 166 valence electrons. The van der Waals surface area contributed by atoms with E-state index in [1.165, 1.54) is 0 Å². The van der Waals surface area contributed by atoms with E-state index in [1.54, 1.807) is 0 Å². The van der Waals surface area contributed by atoms with Crippen molar-refractivity contribution in [3.63, 3.8) is 0 Å². The predicted octanol–water partition coefficient (Wildman–Crippen LogP) is 5.08. The summed E-state index contributed by atoms with van der Waals surface area (Å²) in [4.78, 5) is 0. The van der Waals surface area contributed by atoms with Crippen LogP contribution in [0.2, 0.25) is 0 Å². The van der Waals surface area contributed by atoms with Crippen LogP contribution < -0.4 is 0 Å². The summed E-state index contributed by atoms with van der Waals surface area (Å²) in [5.74, 6) is -55.3. The highest BCUT2D eigenvalue weighted by Crippen LogP contribution is 2.63. The van der Waals surface area contributed by atoms with Crippen molar-refractivity contribution in [2.45, 2.75) is 60.0 Å². The molecule has 4 radical (unpaired) electrons. The lowest BCUT2D eigenvalue weighted by molar-refractivity contribution is -0.446. The molecule has 1 aliphatic rings. The third kappa shape index (κ3) is 2.78. The van der Waals surface area contributed by atoms with Gasteiger partial charge in [0.25, 0.3) is 0 Å². The van der Waals surface area contributed by atoms with Crippen molar-refractivity contribution in [2.24, 2.45) is 0 Å². The Balaban J connectivity index is 0.00000729. The maximum Gasteiger partial charge on any atom is 0.384 e. The van der Waals surface area contributed by atoms with Crippen LogP contribution in [0, 0.1) is 0 Å². The van der Waals surface area contributed by atoms with Gasteiger partial charge in [0, 0.05) is 11.0 Å². The van der Waals surface area contributed by atoms with Gasteiger partial charge in [0.05, 0.1) is 0 Å². The Bertz CT molecular complexity index is 582. The average molecular weight is 474 g/mol. The maximum absolute atomic E-state index is 13.1. The summed E-state index contributed by atoms with van der Waals surface area (Å²) >= 11 is 0. The summed E-state index contributed by atoms with van der Waals surface area (Å²) in [6.45, 7) is 0. The third-order valence-electron chi connectivity index (χ3n) is 3.65. The predicted molar refractivity (Wildman–Crippen MR) is 55.1 cm³/mol. The zero-order valence-corrected chi connectivity index (χ0v) is 13.2. The molecular formula is C10H3F17Si. The second-order valence-corrected chi connectivity index (χ2v) is 5.38. The van der Waals surface area contributed by atoms with E-state index in [2.05, 4.69) is 0 Å². The fraction of sp³-hybridized carbons (Fsp3) is 1.00. The van der Waals surface area contributed by atoms with Crippen molar-refractivity contribution in [3.05, 3.63) is 0 Å². The first-order chi connectivity index (χ1) is 11.5. The molecule has 1 saturated carbocycles. The molecule has 0 heterocycles. The zero-order valence-electron chi connectivity index (χ0n) is 12.2. The molecule has 0 nitrogen and oxygen atoms in total. The van der Waals surface area contributed by atoms with Crippen molar-refractivity contribution in [3.8, 4) is 0 Å². The van der Waals surface area contributed by atoms with E-state index in [9.17, 15) is 74.6 Å². The molecular weight excluding hydrogens is 471 g/mol. The molecule has 0 bridgehead atoms. The molecule has 0 saturated heterocycles. The molecule has 1 fully saturated rings. The first-order valence-corrected chi connectivity index (χ1v) is 6.04. The van der Waals surface area contributed by atoms with Crippen molar-refractivity contribution in [1.29, 1.82) is 0 Å². The summed E-state index contributed by atoms with van der Waals surface area (Å²) in [7, 11) is 0. The molecule has 0 amide bonds. The van der Waals surface area contributed by atoms with Gasteiger partial charge in [0.15, 0.2) is 0 Å². The van der Waals surface area contributed by atoms with Crippen LogP contribution in [0.3, 0.4) is 0 Å². The molecule has 1 rings (SSSR count). The van der Waals surface area contributed by atoms with Crippen LogP contribution in [0.1, 0.15) is 0 Å². The van der Waals surface area contributed by atoms with Gasteiger partial charge in [-0.1, -0.05) is 0 Å². The van der Waals surface area contributed by atoms with Crippen LogP contribution in [0.5, 0.6) is 0 Å². The molecule has 0 aromatic carbocycles. The van der Waals surface area contributed by atoms with Crippen molar-refractivity contribution < 1.29 is 74.6 Å². The molecule has 0 spiro atoms. The van der Waals surface area contributed by atoms with Crippen LogP contribution in [0.25, 0.3) is 0 Å². The lowest BCUT2D eigenvalue weighted by Gasteiger charge is -2.45. The third-order valence-corrected chi connectivity index (χ3v) is 3.65. The Labute approximate surface area is 147 Å². The lowest BCUT2D eigenvalue weighted by Crippen LogP contribution is -2.76. The van der Waals surface area contributed by atoms with Gasteiger partial charge in [-0.2, -0.15) is 61.5 Å². The van der Waals surface area contributed by atoms with Gasteiger partial charge < -0.3 is 0 Å². The second kappa shape index (κ2) is 6.51. The summed E-state index contributed by atoms with van der Waals surface area (Å²) in [5.41, 5.74) is 0. The molecule has 3 unspecified atom stereocenters. The number of halogens is 17. The van der Waals surface area contributed by atoms with Crippen LogP contribution >= 0.6 is 0 Å². The lowest BCUT2D eigenvalue weighted by atomic mass is 9.82. The number of hydrogen-bond acceptors (Lipinski definition) is 0. The van der Waals surface area contributed by atoms with Crippen LogP contribution in [0.4, 0.5) is 74.6 Å². The van der Waals surface area contributed by atoms with Gasteiger partial charge in [-0.25, -0.2) is 13.2 Å². The molecule has 0 aromatic heterocycles. The van der Waals surface area contributed by atoms with Crippen LogP contribution in [-0.2, 0) is 0 Å². The van der Waals surface area contributed by atoms with Gasteiger partial charge in [0.2, 0.25) is 18.5 Å². The minimum atomic E-state index is -8.33. The quantitative estimate of drug-likeness (QED) is 0.340. The molecule has 28 heavy (non-hydrogen) atoms. The van der Waals surface area contributed by atoms with E-state index in [1.807, 2.05) is 0 Å². The number of rotatable bonds is 0. The Morgan fingerprint density at radius 3 is 1.00 bits per heavy atom. The second-order valence-electron chi connectivity index (χ2n) is 5.38. The van der Waals surface area contributed by atoms with E-state index in [0.717, 1.165) is 0 Å². The average Bonchev–Trinajstić information content (AvgIpc) is 2.50. The molecule has 18 heteroatoms. The van der Waals surface area contributed by atoms with Gasteiger partial charge in [-0.15, -0.1) is 0 Å². The SMILES string of the molecule is FC1C(F)C(F)(F)C(F)(F)C(F)(F)C(F)(F)C(F)(F)C(F)(F)C(F)C1(F)F.[Si]. The van der Waals surface area contributed by atoms with Gasteiger partial charge in [0.1, 0.15) is 0 Å². The molecule has 0 aromatic rings. The highest BCUT2D eigenvalue weighted by Gasteiger charge is 2.94. The summed E-state index contributed by atoms with van der Waals surface area (Å²) in [6.07, 6.45) is -18.1. The molecule has 1 aliphatic carbocycles. The van der Waals surface area contributed by atoms with E-state index in [0.29, 0.717) is 0 Å². The topological polar surface area (TPSA) is 0 Å². The number of alkyl halides is 17. The maximum atomic E-state index is 13.1. The Morgan fingerprint density at radius 1 is 0.393 bits per heavy atom. The normalized spacial score (nSPS) is 37.4. The largest absolute Gasteiger partial charge is 0.384 e. The van der Waals surface area contributed by atoms with E-state index >= 15 is 0 Å². The minimum absolute atomic E-state index is 0. The summed E-state index contributed by atoms with van der Waals surface area (Å²) in [5, 5.41) is 0.